The van der Waals surface area contributed by atoms with Crippen LogP contribution in [0.15, 0.2) is 53.9 Å². The van der Waals surface area contributed by atoms with Crippen molar-refractivity contribution in [1.29, 1.82) is 0 Å². The zero-order valence-electron chi connectivity index (χ0n) is 23.6. The molecule has 1 fully saturated rings. The number of thiazole rings is 1. The molecule has 3 amide bonds. The van der Waals surface area contributed by atoms with Crippen molar-refractivity contribution in [3.63, 3.8) is 0 Å². The summed E-state index contributed by atoms with van der Waals surface area (Å²) in [5.41, 5.74) is 3.11. The monoisotopic (exact) mass is 563 g/mol. The van der Waals surface area contributed by atoms with Gasteiger partial charge in [-0.15, -0.1) is 11.3 Å². The van der Waals surface area contributed by atoms with Gasteiger partial charge >= 0.3 is 0 Å². The molecule has 0 radical (unpaired) electrons. The van der Waals surface area contributed by atoms with Gasteiger partial charge in [-0.2, -0.15) is 0 Å². The molecule has 0 bridgehead atoms. The minimum atomic E-state index is -0.317. The smallest absolute Gasteiger partial charge is 0.254 e. The van der Waals surface area contributed by atoms with Crippen LogP contribution in [-0.4, -0.2) is 78.9 Å². The van der Waals surface area contributed by atoms with E-state index in [9.17, 15) is 14.4 Å². The van der Waals surface area contributed by atoms with Gasteiger partial charge in [0.1, 0.15) is 12.3 Å². The summed E-state index contributed by atoms with van der Waals surface area (Å²) in [4.78, 5) is 49.1. The Hall–Kier alpha value is -3.92. The van der Waals surface area contributed by atoms with Crippen LogP contribution in [0.2, 0.25) is 0 Å². The van der Waals surface area contributed by atoms with Gasteiger partial charge in [0.25, 0.3) is 5.91 Å². The number of nitrogens with one attached hydrogen (secondary N) is 1. The maximum absolute atomic E-state index is 13.2. The Morgan fingerprint density at radius 3 is 2.45 bits per heavy atom. The zero-order valence-corrected chi connectivity index (χ0v) is 24.4. The van der Waals surface area contributed by atoms with E-state index in [4.69, 9.17) is 4.74 Å². The Bertz CT molecular complexity index is 1330. The van der Waals surface area contributed by atoms with Crippen molar-refractivity contribution in [1.82, 2.24) is 14.8 Å². The van der Waals surface area contributed by atoms with Crippen LogP contribution in [0.25, 0.3) is 0 Å². The highest BCUT2D eigenvalue weighted by Gasteiger charge is 2.24. The predicted octanol–water partition coefficient (Wildman–Crippen LogP) is 4.09. The molecule has 1 aromatic heterocycles. The largest absolute Gasteiger partial charge is 0.495 e. The van der Waals surface area contributed by atoms with Gasteiger partial charge in [-0.25, -0.2) is 4.98 Å². The number of aromatic nitrogens is 1. The van der Waals surface area contributed by atoms with Gasteiger partial charge in [0.05, 0.1) is 24.9 Å². The standard InChI is InChI=1S/C30H37N5O4S/c1-21(2)18-35(29(38)24-10-6-5-9-22(24)3)19-27(36)32-30-31-23(20-40-30)17-28(37)34-15-13-33(14-16-34)25-11-7-8-12-26(25)39-4/h5-12,20-21H,13-19H2,1-4H3,(H,31,32,36). The molecule has 1 N–H and O–H groups in total. The number of hydrogen-bond acceptors (Lipinski definition) is 7. The fraction of sp³-hybridized carbons (Fsp3) is 0.400. The molecule has 212 valence electrons. The lowest BCUT2D eigenvalue weighted by molar-refractivity contribution is -0.130. The molecule has 9 nitrogen and oxygen atoms in total. The number of rotatable bonds is 10. The number of amides is 3. The minimum absolute atomic E-state index is 0.00906. The summed E-state index contributed by atoms with van der Waals surface area (Å²) in [5.74, 6) is 0.552. The highest BCUT2D eigenvalue weighted by molar-refractivity contribution is 7.13. The summed E-state index contributed by atoms with van der Waals surface area (Å²) in [6, 6.07) is 15.3. The van der Waals surface area contributed by atoms with E-state index in [1.807, 2.05) is 68.1 Å². The maximum atomic E-state index is 13.2. The van der Waals surface area contributed by atoms with Gasteiger partial charge in [0.2, 0.25) is 11.8 Å². The maximum Gasteiger partial charge on any atom is 0.254 e. The van der Waals surface area contributed by atoms with E-state index in [-0.39, 0.29) is 36.6 Å². The Morgan fingerprint density at radius 1 is 1.05 bits per heavy atom. The van der Waals surface area contributed by atoms with Gasteiger partial charge in [0, 0.05) is 43.7 Å². The number of benzene rings is 2. The lowest BCUT2D eigenvalue weighted by atomic mass is 10.1. The molecule has 2 heterocycles. The van der Waals surface area contributed by atoms with E-state index in [0.29, 0.717) is 36.0 Å². The fourth-order valence-corrected chi connectivity index (χ4v) is 5.50. The van der Waals surface area contributed by atoms with Crippen molar-refractivity contribution in [3.8, 4) is 5.75 Å². The normalized spacial score (nSPS) is 13.3. The summed E-state index contributed by atoms with van der Waals surface area (Å²) >= 11 is 1.28. The first kappa shape index (κ1) is 29.1. The summed E-state index contributed by atoms with van der Waals surface area (Å²) in [6.07, 6.45) is 0.173. The zero-order chi connectivity index (χ0) is 28.6. The third-order valence-corrected chi connectivity index (χ3v) is 7.58. The highest BCUT2D eigenvalue weighted by Crippen LogP contribution is 2.28. The number of anilines is 2. The Labute approximate surface area is 239 Å². The molecule has 0 spiro atoms. The van der Waals surface area contributed by atoms with Crippen molar-refractivity contribution in [2.24, 2.45) is 5.92 Å². The molecular formula is C30H37N5O4S. The Morgan fingerprint density at radius 2 is 1.75 bits per heavy atom. The minimum Gasteiger partial charge on any atom is -0.495 e. The van der Waals surface area contributed by atoms with Gasteiger partial charge in [-0.1, -0.05) is 44.2 Å². The molecule has 10 heteroatoms. The third-order valence-electron chi connectivity index (χ3n) is 6.77. The number of piperazine rings is 1. The first-order chi connectivity index (χ1) is 19.2. The second-order valence-corrected chi connectivity index (χ2v) is 11.2. The van der Waals surface area contributed by atoms with Crippen LogP contribution < -0.4 is 15.0 Å². The Balaban J connectivity index is 1.30. The van der Waals surface area contributed by atoms with E-state index in [0.717, 1.165) is 30.1 Å². The topological polar surface area (TPSA) is 95.1 Å². The molecule has 3 aromatic rings. The van der Waals surface area contributed by atoms with E-state index in [1.165, 1.54) is 11.3 Å². The molecular weight excluding hydrogens is 526 g/mol. The molecule has 40 heavy (non-hydrogen) atoms. The fourth-order valence-electron chi connectivity index (χ4n) is 4.78. The number of methoxy groups -OCH3 is 1. The number of nitrogens with zero attached hydrogens (tertiary/aromatic N) is 4. The van der Waals surface area contributed by atoms with Crippen molar-refractivity contribution >= 4 is 39.9 Å². The van der Waals surface area contributed by atoms with E-state index in [2.05, 4.69) is 15.2 Å². The summed E-state index contributed by atoms with van der Waals surface area (Å²) in [7, 11) is 1.66. The van der Waals surface area contributed by atoms with Crippen molar-refractivity contribution in [3.05, 3.63) is 70.7 Å². The van der Waals surface area contributed by atoms with Gasteiger partial charge in [0.15, 0.2) is 5.13 Å². The molecule has 1 saturated heterocycles. The lowest BCUT2D eigenvalue weighted by Crippen LogP contribution is -2.49. The SMILES string of the molecule is COc1ccccc1N1CCN(C(=O)Cc2csc(NC(=O)CN(CC(C)C)C(=O)c3ccccc3C)n2)CC1. The van der Waals surface area contributed by atoms with Crippen LogP contribution in [0.5, 0.6) is 5.75 Å². The number of carbonyl (C=O) groups is 3. The van der Waals surface area contributed by atoms with Crippen molar-refractivity contribution in [2.45, 2.75) is 27.2 Å². The number of hydrogen-bond donors (Lipinski definition) is 1. The third kappa shape index (κ3) is 7.38. The molecule has 2 aromatic carbocycles. The van der Waals surface area contributed by atoms with Crippen LogP contribution in [0.3, 0.4) is 0 Å². The summed E-state index contributed by atoms with van der Waals surface area (Å²) in [6.45, 7) is 8.97. The summed E-state index contributed by atoms with van der Waals surface area (Å²) in [5, 5.41) is 5.02. The molecule has 0 saturated carbocycles. The van der Waals surface area contributed by atoms with Crippen LogP contribution in [0.4, 0.5) is 10.8 Å². The second kappa shape index (κ2) is 13.4. The van der Waals surface area contributed by atoms with E-state index < -0.39 is 0 Å². The van der Waals surface area contributed by atoms with E-state index >= 15 is 0 Å². The first-order valence-corrected chi connectivity index (χ1v) is 14.4. The highest BCUT2D eigenvalue weighted by atomic mass is 32.1. The second-order valence-electron chi connectivity index (χ2n) is 10.3. The van der Waals surface area contributed by atoms with E-state index in [1.54, 1.807) is 23.5 Å². The molecule has 4 rings (SSSR count). The van der Waals surface area contributed by atoms with Crippen molar-refractivity contribution < 1.29 is 19.1 Å². The van der Waals surface area contributed by atoms with Gasteiger partial charge < -0.3 is 24.8 Å². The molecule has 1 aliphatic rings. The first-order valence-electron chi connectivity index (χ1n) is 13.5. The average Bonchev–Trinajstić information content (AvgIpc) is 3.38. The quantitative estimate of drug-likeness (QED) is 0.399. The van der Waals surface area contributed by atoms with Gasteiger partial charge in [-0.3, -0.25) is 14.4 Å². The average molecular weight is 564 g/mol. The molecule has 1 aliphatic heterocycles. The van der Waals surface area contributed by atoms with Gasteiger partial charge in [-0.05, 0) is 36.6 Å². The number of ether oxygens (including phenoxy) is 1. The molecule has 0 atom stereocenters. The van der Waals surface area contributed by atoms with Crippen LogP contribution in [-0.2, 0) is 16.0 Å². The van der Waals surface area contributed by atoms with Crippen LogP contribution in [0.1, 0.15) is 35.5 Å². The molecule has 0 aliphatic carbocycles. The predicted molar refractivity (Wildman–Crippen MR) is 158 cm³/mol. The summed E-state index contributed by atoms with van der Waals surface area (Å²) < 4.78 is 5.48. The number of para-hydroxylation sites is 2. The van der Waals surface area contributed by atoms with Crippen LogP contribution in [0, 0.1) is 12.8 Å². The lowest BCUT2D eigenvalue weighted by Gasteiger charge is -2.36. The van der Waals surface area contributed by atoms with Crippen LogP contribution >= 0.6 is 11.3 Å². The Kier molecular flexibility index (Phi) is 9.76. The molecule has 0 unspecified atom stereocenters. The number of carbonyl (C=O) groups excluding carboxylic acids is 3. The van der Waals surface area contributed by atoms with Crippen molar-refractivity contribution in [2.75, 3.05) is 56.6 Å². The number of aryl methyl sites for hydroxylation is 1.